The van der Waals surface area contributed by atoms with E-state index in [0.717, 1.165) is 50.5 Å². The van der Waals surface area contributed by atoms with Crippen molar-refractivity contribution in [3.8, 4) is 0 Å². The molecule has 0 aromatic carbocycles. The number of hydrogen-bond donors (Lipinski definition) is 1. The highest BCUT2D eigenvalue weighted by Gasteiger charge is 2.21. The number of amides is 1. The second kappa shape index (κ2) is 6.63. The van der Waals surface area contributed by atoms with E-state index in [0.29, 0.717) is 12.6 Å². The van der Waals surface area contributed by atoms with E-state index < -0.39 is 10.8 Å². The van der Waals surface area contributed by atoms with Gasteiger partial charge in [0.15, 0.2) is 0 Å². The van der Waals surface area contributed by atoms with Crippen LogP contribution in [0.2, 0.25) is 0 Å². The van der Waals surface area contributed by atoms with Crippen LogP contribution in [-0.4, -0.2) is 77.2 Å². The number of piperazine rings is 1. The van der Waals surface area contributed by atoms with E-state index in [1.165, 1.54) is 0 Å². The molecule has 5 nitrogen and oxygen atoms in total. The van der Waals surface area contributed by atoms with Gasteiger partial charge in [-0.3, -0.25) is 9.00 Å². The minimum absolute atomic E-state index is 0.204. The fourth-order valence-corrected chi connectivity index (χ4v) is 3.70. The lowest BCUT2D eigenvalue weighted by Gasteiger charge is -2.33. The summed E-state index contributed by atoms with van der Waals surface area (Å²) in [5.74, 6) is 1.76. The summed E-state index contributed by atoms with van der Waals surface area (Å²) in [6.45, 7) is 4.04. The Bertz CT molecular complexity index is 306. The molecule has 6 heteroatoms. The summed E-state index contributed by atoms with van der Waals surface area (Å²) in [7, 11) is 1.46. The summed E-state index contributed by atoms with van der Waals surface area (Å²) in [6.07, 6.45) is 1.87. The largest absolute Gasteiger partial charge is 0.339 e. The standard InChI is InChI=1S/C12H23N3O2S/c1-14-4-6-15(7-5-14)12(16)10-13-11-2-8-18(17)9-3-11/h11,13H,2-10H2,1H3. The van der Waals surface area contributed by atoms with Crippen molar-refractivity contribution >= 4 is 16.7 Å². The van der Waals surface area contributed by atoms with E-state index in [1.807, 2.05) is 4.90 Å². The van der Waals surface area contributed by atoms with Crippen molar-refractivity contribution in [1.29, 1.82) is 0 Å². The summed E-state index contributed by atoms with van der Waals surface area (Å²) in [5.41, 5.74) is 0. The van der Waals surface area contributed by atoms with Crippen molar-refractivity contribution in [2.45, 2.75) is 18.9 Å². The van der Waals surface area contributed by atoms with Gasteiger partial charge in [0, 0.05) is 54.5 Å². The van der Waals surface area contributed by atoms with E-state index in [-0.39, 0.29) is 5.91 Å². The maximum absolute atomic E-state index is 12.0. The van der Waals surface area contributed by atoms with E-state index in [2.05, 4.69) is 17.3 Å². The average Bonchev–Trinajstić information content (AvgIpc) is 2.38. The van der Waals surface area contributed by atoms with Crippen LogP contribution in [0.4, 0.5) is 0 Å². The van der Waals surface area contributed by atoms with Crippen LogP contribution >= 0.6 is 0 Å². The van der Waals surface area contributed by atoms with Crippen molar-refractivity contribution in [1.82, 2.24) is 15.1 Å². The lowest BCUT2D eigenvalue weighted by molar-refractivity contribution is -0.131. The predicted molar refractivity (Wildman–Crippen MR) is 73.0 cm³/mol. The lowest BCUT2D eigenvalue weighted by Crippen LogP contribution is -2.50. The molecule has 2 aliphatic rings. The van der Waals surface area contributed by atoms with Crippen LogP contribution in [0.5, 0.6) is 0 Å². The summed E-state index contributed by atoms with van der Waals surface area (Å²) in [5, 5.41) is 3.31. The van der Waals surface area contributed by atoms with Gasteiger partial charge in [-0.15, -0.1) is 0 Å². The Labute approximate surface area is 111 Å². The molecule has 2 heterocycles. The minimum atomic E-state index is -0.624. The van der Waals surface area contributed by atoms with Gasteiger partial charge in [-0.1, -0.05) is 0 Å². The lowest BCUT2D eigenvalue weighted by atomic mass is 10.1. The van der Waals surface area contributed by atoms with Crippen molar-refractivity contribution in [3.05, 3.63) is 0 Å². The SMILES string of the molecule is CN1CCN(C(=O)CNC2CCS(=O)CC2)CC1. The normalized spacial score (nSPS) is 30.4. The predicted octanol–water partition coefficient (Wildman–Crippen LogP) is -0.739. The highest BCUT2D eigenvalue weighted by atomic mass is 32.2. The number of likely N-dealkylation sites (N-methyl/N-ethyl adjacent to an activating group) is 1. The average molecular weight is 273 g/mol. The zero-order valence-electron chi connectivity index (χ0n) is 11.1. The molecule has 104 valence electrons. The summed E-state index contributed by atoms with van der Waals surface area (Å²) in [6, 6.07) is 0.374. The molecule has 0 spiro atoms. The fraction of sp³-hybridized carbons (Fsp3) is 0.917. The van der Waals surface area contributed by atoms with Gasteiger partial charge in [-0.2, -0.15) is 0 Å². The number of nitrogens with one attached hydrogen (secondary N) is 1. The van der Waals surface area contributed by atoms with Crippen LogP contribution in [0.3, 0.4) is 0 Å². The van der Waals surface area contributed by atoms with E-state index in [9.17, 15) is 9.00 Å². The maximum atomic E-state index is 12.0. The second-order valence-electron chi connectivity index (χ2n) is 5.19. The molecule has 1 N–H and O–H groups in total. The molecule has 0 atom stereocenters. The number of carbonyl (C=O) groups is 1. The molecular formula is C12H23N3O2S. The molecule has 0 aromatic rings. The van der Waals surface area contributed by atoms with E-state index >= 15 is 0 Å². The summed E-state index contributed by atoms with van der Waals surface area (Å²) < 4.78 is 11.2. The molecule has 18 heavy (non-hydrogen) atoms. The van der Waals surface area contributed by atoms with E-state index in [4.69, 9.17) is 0 Å². The molecule has 0 saturated carbocycles. The van der Waals surface area contributed by atoms with Crippen LogP contribution in [0.25, 0.3) is 0 Å². The molecule has 2 rings (SSSR count). The molecule has 0 bridgehead atoms. The smallest absolute Gasteiger partial charge is 0.236 e. The molecule has 2 aliphatic heterocycles. The third kappa shape index (κ3) is 4.03. The monoisotopic (exact) mass is 273 g/mol. The molecule has 2 saturated heterocycles. The van der Waals surface area contributed by atoms with Gasteiger partial charge in [0.05, 0.1) is 6.54 Å². The maximum Gasteiger partial charge on any atom is 0.236 e. The first-order valence-corrected chi connectivity index (χ1v) is 8.18. The first-order chi connectivity index (χ1) is 8.65. The Balaban J connectivity index is 1.67. The summed E-state index contributed by atoms with van der Waals surface area (Å²) in [4.78, 5) is 16.2. The topological polar surface area (TPSA) is 52.6 Å². The third-order valence-corrected chi connectivity index (χ3v) is 5.17. The van der Waals surface area contributed by atoms with Crippen LogP contribution in [-0.2, 0) is 15.6 Å². The number of hydrogen-bond acceptors (Lipinski definition) is 4. The van der Waals surface area contributed by atoms with Crippen molar-refractivity contribution < 1.29 is 9.00 Å². The number of rotatable bonds is 3. The molecule has 0 aromatic heterocycles. The Morgan fingerprint density at radius 1 is 1.22 bits per heavy atom. The third-order valence-electron chi connectivity index (χ3n) is 3.79. The molecule has 0 radical (unpaired) electrons. The van der Waals surface area contributed by atoms with Crippen LogP contribution < -0.4 is 5.32 Å². The van der Waals surface area contributed by atoms with Gasteiger partial charge in [0.2, 0.25) is 5.91 Å². The second-order valence-corrected chi connectivity index (χ2v) is 6.88. The molecule has 0 aliphatic carbocycles. The Morgan fingerprint density at radius 3 is 2.44 bits per heavy atom. The van der Waals surface area contributed by atoms with Crippen LogP contribution in [0.15, 0.2) is 0 Å². The van der Waals surface area contributed by atoms with Gasteiger partial charge in [-0.05, 0) is 19.9 Å². The molecule has 1 amide bonds. The van der Waals surface area contributed by atoms with Crippen LogP contribution in [0, 0.1) is 0 Å². The molecule has 2 fully saturated rings. The van der Waals surface area contributed by atoms with Crippen molar-refractivity contribution in [3.63, 3.8) is 0 Å². The molecule has 0 unspecified atom stereocenters. The minimum Gasteiger partial charge on any atom is -0.339 e. The van der Waals surface area contributed by atoms with Gasteiger partial charge >= 0.3 is 0 Å². The fourth-order valence-electron chi connectivity index (χ4n) is 2.40. The Hall–Kier alpha value is -0.460. The first kappa shape index (κ1) is 14.0. The van der Waals surface area contributed by atoms with Gasteiger partial charge in [-0.25, -0.2) is 0 Å². The Morgan fingerprint density at radius 2 is 1.83 bits per heavy atom. The Kier molecular flexibility index (Phi) is 5.14. The summed E-state index contributed by atoms with van der Waals surface area (Å²) >= 11 is 0. The molecular weight excluding hydrogens is 250 g/mol. The highest BCUT2D eigenvalue weighted by molar-refractivity contribution is 7.85. The number of nitrogens with zero attached hydrogens (tertiary/aromatic N) is 2. The van der Waals surface area contributed by atoms with Crippen molar-refractivity contribution in [2.75, 3.05) is 51.3 Å². The van der Waals surface area contributed by atoms with Gasteiger partial charge in [0.25, 0.3) is 0 Å². The zero-order chi connectivity index (χ0) is 13.0. The van der Waals surface area contributed by atoms with E-state index in [1.54, 1.807) is 0 Å². The van der Waals surface area contributed by atoms with Gasteiger partial charge < -0.3 is 15.1 Å². The van der Waals surface area contributed by atoms with Crippen molar-refractivity contribution in [2.24, 2.45) is 0 Å². The first-order valence-electron chi connectivity index (χ1n) is 6.70. The zero-order valence-corrected chi connectivity index (χ0v) is 11.9. The van der Waals surface area contributed by atoms with Crippen LogP contribution in [0.1, 0.15) is 12.8 Å². The highest BCUT2D eigenvalue weighted by Crippen LogP contribution is 2.09. The quantitative estimate of drug-likeness (QED) is 0.736. The number of carbonyl (C=O) groups excluding carboxylic acids is 1. The van der Waals surface area contributed by atoms with Gasteiger partial charge in [0.1, 0.15) is 0 Å².